The summed E-state index contributed by atoms with van der Waals surface area (Å²) in [5.74, 6) is -2.09. The highest BCUT2D eigenvalue weighted by Gasteiger charge is 2.34. The summed E-state index contributed by atoms with van der Waals surface area (Å²) in [4.78, 5) is 38.0. The van der Waals surface area contributed by atoms with Crippen LogP contribution in [0.5, 0.6) is 5.75 Å². The molecule has 0 spiro atoms. The normalized spacial score (nSPS) is 16.4. The minimum Gasteiger partial charge on any atom is -0.479 e. The first-order chi connectivity index (χ1) is 14.3. The summed E-state index contributed by atoms with van der Waals surface area (Å²) in [6.07, 6.45) is 1.13. The van der Waals surface area contributed by atoms with Crippen molar-refractivity contribution >= 4 is 46.9 Å². The van der Waals surface area contributed by atoms with Crippen molar-refractivity contribution < 1.29 is 24.2 Å². The van der Waals surface area contributed by atoms with Crippen molar-refractivity contribution in [2.75, 3.05) is 4.90 Å². The maximum atomic E-state index is 13.1. The van der Waals surface area contributed by atoms with Crippen LogP contribution in [0.2, 0.25) is 0 Å². The zero-order valence-electron chi connectivity index (χ0n) is 16.4. The standard InChI is InChI=1S/C22H20N2O5S/c1-3-14-8-10-16(11-9-14)24-20(26)17(19(25)23-22(24)30)12-15-6-4-5-7-18(15)29-13(2)21(27)28/h4-13H,3H2,1-2H3,(H,27,28)(H,23,25,30)/b17-12+/t13-/m1/s1. The van der Waals surface area contributed by atoms with E-state index in [1.165, 1.54) is 17.9 Å². The molecule has 1 atom stereocenters. The number of hydrogen-bond donors (Lipinski definition) is 2. The number of carboxylic acid groups (broad SMARTS) is 1. The van der Waals surface area contributed by atoms with E-state index >= 15 is 0 Å². The fourth-order valence-electron chi connectivity index (χ4n) is 2.88. The predicted octanol–water partition coefficient (Wildman–Crippen LogP) is 2.93. The Morgan fingerprint density at radius 2 is 1.87 bits per heavy atom. The number of para-hydroxylation sites is 1. The Morgan fingerprint density at radius 1 is 1.20 bits per heavy atom. The van der Waals surface area contributed by atoms with Crippen molar-refractivity contribution in [3.63, 3.8) is 0 Å². The van der Waals surface area contributed by atoms with Crippen LogP contribution in [0.15, 0.2) is 54.1 Å². The van der Waals surface area contributed by atoms with E-state index in [1.54, 1.807) is 36.4 Å². The second-order valence-electron chi connectivity index (χ2n) is 6.61. The fourth-order valence-corrected chi connectivity index (χ4v) is 3.16. The van der Waals surface area contributed by atoms with E-state index in [4.69, 9.17) is 22.1 Å². The number of anilines is 1. The molecule has 0 radical (unpaired) electrons. The molecule has 0 aromatic heterocycles. The number of ether oxygens (including phenoxy) is 1. The highest BCUT2D eigenvalue weighted by atomic mass is 32.1. The molecule has 1 aliphatic rings. The van der Waals surface area contributed by atoms with Crippen molar-refractivity contribution in [2.45, 2.75) is 26.4 Å². The minimum absolute atomic E-state index is 0.00423. The maximum Gasteiger partial charge on any atom is 0.344 e. The summed E-state index contributed by atoms with van der Waals surface area (Å²) in [5.41, 5.74) is 1.91. The number of aliphatic carboxylic acids is 1. The van der Waals surface area contributed by atoms with E-state index in [-0.39, 0.29) is 16.4 Å². The summed E-state index contributed by atoms with van der Waals surface area (Å²) < 4.78 is 5.45. The van der Waals surface area contributed by atoms with Gasteiger partial charge in [-0.05, 0) is 55.4 Å². The molecule has 154 valence electrons. The molecule has 1 heterocycles. The van der Waals surface area contributed by atoms with Gasteiger partial charge in [0.1, 0.15) is 11.3 Å². The van der Waals surface area contributed by atoms with Gasteiger partial charge in [0.2, 0.25) is 0 Å². The van der Waals surface area contributed by atoms with Gasteiger partial charge in [0.25, 0.3) is 11.8 Å². The van der Waals surface area contributed by atoms with Crippen molar-refractivity contribution in [3.8, 4) is 5.75 Å². The lowest BCUT2D eigenvalue weighted by Gasteiger charge is -2.29. The van der Waals surface area contributed by atoms with Crippen LogP contribution in [0.4, 0.5) is 5.69 Å². The molecule has 0 unspecified atom stereocenters. The van der Waals surface area contributed by atoms with Gasteiger partial charge < -0.3 is 9.84 Å². The topological polar surface area (TPSA) is 95.9 Å². The number of amides is 2. The van der Waals surface area contributed by atoms with Gasteiger partial charge in [0.15, 0.2) is 11.2 Å². The summed E-state index contributed by atoms with van der Waals surface area (Å²) in [7, 11) is 0. The number of carboxylic acids is 1. The Balaban J connectivity index is 1.98. The molecule has 2 aromatic rings. The quantitative estimate of drug-likeness (QED) is 0.421. The molecule has 2 amide bonds. The molecule has 2 aromatic carbocycles. The van der Waals surface area contributed by atoms with Crippen LogP contribution in [-0.4, -0.2) is 34.1 Å². The molecular formula is C22H20N2O5S. The van der Waals surface area contributed by atoms with E-state index in [0.29, 0.717) is 11.3 Å². The molecule has 0 saturated carbocycles. The summed E-state index contributed by atoms with van der Waals surface area (Å²) in [5, 5.41) is 11.6. The summed E-state index contributed by atoms with van der Waals surface area (Å²) >= 11 is 5.21. The molecule has 7 nitrogen and oxygen atoms in total. The first kappa shape index (κ1) is 21.2. The van der Waals surface area contributed by atoms with Crippen LogP contribution in [0.3, 0.4) is 0 Å². The third-order valence-corrected chi connectivity index (χ3v) is 4.86. The summed E-state index contributed by atoms with van der Waals surface area (Å²) in [6.45, 7) is 3.42. The van der Waals surface area contributed by atoms with E-state index < -0.39 is 23.9 Å². The van der Waals surface area contributed by atoms with Crippen LogP contribution in [-0.2, 0) is 20.8 Å². The molecule has 1 aliphatic heterocycles. The number of nitrogens with zero attached hydrogens (tertiary/aromatic N) is 1. The Morgan fingerprint density at radius 3 is 2.50 bits per heavy atom. The lowest BCUT2D eigenvalue weighted by molar-refractivity contribution is -0.144. The smallest absolute Gasteiger partial charge is 0.344 e. The van der Waals surface area contributed by atoms with Crippen LogP contribution >= 0.6 is 12.2 Å². The van der Waals surface area contributed by atoms with E-state index in [9.17, 15) is 14.4 Å². The van der Waals surface area contributed by atoms with E-state index in [0.717, 1.165) is 12.0 Å². The zero-order chi connectivity index (χ0) is 21.8. The molecule has 30 heavy (non-hydrogen) atoms. The monoisotopic (exact) mass is 424 g/mol. The van der Waals surface area contributed by atoms with Gasteiger partial charge in [0.05, 0.1) is 5.69 Å². The summed E-state index contributed by atoms with van der Waals surface area (Å²) in [6, 6.07) is 13.9. The van der Waals surface area contributed by atoms with Crippen molar-refractivity contribution in [2.24, 2.45) is 0 Å². The predicted molar refractivity (Wildman–Crippen MR) is 116 cm³/mol. The highest BCUT2D eigenvalue weighted by Crippen LogP contribution is 2.26. The highest BCUT2D eigenvalue weighted by molar-refractivity contribution is 7.80. The number of hydrogen-bond acceptors (Lipinski definition) is 5. The zero-order valence-corrected chi connectivity index (χ0v) is 17.2. The lowest BCUT2D eigenvalue weighted by atomic mass is 10.1. The molecule has 1 saturated heterocycles. The first-order valence-electron chi connectivity index (χ1n) is 9.30. The van der Waals surface area contributed by atoms with Crippen LogP contribution in [0, 0.1) is 0 Å². The Labute approximate surface area is 179 Å². The van der Waals surface area contributed by atoms with Crippen molar-refractivity contribution in [3.05, 3.63) is 65.2 Å². The SMILES string of the molecule is CCc1ccc(N2C(=O)/C(=C/c3ccccc3O[C@H](C)C(=O)O)C(=O)NC2=S)cc1. The van der Waals surface area contributed by atoms with Crippen LogP contribution in [0.25, 0.3) is 6.08 Å². The number of carbonyl (C=O) groups is 3. The average Bonchev–Trinajstić information content (AvgIpc) is 2.72. The number of nitrogens with one attached hydrogen (secondary N) is 1. The third kappa shape index (κ3) is 4.38. The average molecular weight is 424 g/mol. The third-order valence-electron chi connectivity index (χ3n) is 4.57. The van der Waals surface area contributed by atoms with Crippen molar-refractivity contribution in [1.29, 1.82) is 0 Å². The molecule has 8 heteroatoms. The van der Waals surface area contributed by atoms with Gasteiger partial charge in [-0.1, -0.05) is 37.3 Å². The second-order valence-corrected chi connectivity index (χ2v) is 7.00. The first-order valence-corrected chi connectivity index (χ1v) is 9.71. The number of benzene rings is 2. The molecular weight excluding hydrogens is 404 g/mol. The molecule has 0 bridgehead atoms. The number of carbonyl (C=O) groups excluding carboxylic acids is 2. The van der Waals surface area contributed by atoms with Crippen molar-refractivity contribution in [1.82, 2.24) is 5.32 Å². The second kappa shape index (κ2) is 8.87. The van der Waals surface area contributed by atoms with Crippen LogP contribution < -0.4 is 15.0 Å². The molecule has 0 aliphatic carbocycles. The van der Waals surface area contributed by atoms with Crippen LogP contribution in [0.1, 0.15) is 25.0 Å². The van der Waals surface area contributed by atoms with Gasteiger partial charge in [-0.3, -0.25) is 19.8 Å². The van der Waals surface area contributed by atoms with E-state index in [2.05, 4.69) is 5.32 Å². The lowest BCUT2D eigenvalue weighted by Crippen LogP contribution is -2.54. The Bertz CT molecular complexity index is 1050. The van der Waals surface area contributed by atoms with Gasteiger partial charge in [0, 0.05) is 5.56 Å². The van der Waals surface area contributed by atoms with Gasteiger partial charge in [-0.2, -0.15) is 0 Å². The van der Waals surface area contributed by atoms with Gasteiger partial charge in [-0.25, -0.2) is 4.79 Å². The molecule has 3 rings (SSSR count). The fraction of sp³-hybridized carbons (Fsp3) is 0.182. The molecule has 1 fully saturated rings. The Hall–Kier alpha value is -3.52. The van der Waals surface area contributed by atoms with Gasteiger partial charge in [-0.15, -0.1) is 0 Å². The largest absolute Gasteiger partial charge is 0.479 e. The minimum atomic E-state index is -1.13. The number of thiocarbonyl (C=S) groups is 1. The van der Waals surface area contributed by atoms with E-state index in [1.807, 2.05) is 19.1 Å². The Kier molecular flexibility index (Phi) is 6.27. The van der Waals surface area contributed by atoms with Gasteiger partial charge >= 0.3 is 5.97 Å². The maximum absolute atomic E-state index is 13.1. The number of aryl methyl sites for hydroxylation is 1. The molecule has 2 N–H and O–H groups in total. The number of rotatable bonds is 6.